The second-order valence-electron chi connectivity index (χ2n) is 8.62. The fourth-order valence-electron chi connectivity index (χ4n) is 4.22. The minimum Gasteiger partial charge on any atom is -0.396 e. The fourth-order valence-corrected chi connectivity index (χ4v) is 5.45. The third-order valence-corrected chi connectivity index (χ3v) is 7.42. The van der Waals surface area contributed by atoms with Crippen molar-refractivity contribution in [2.45, 2.75) is 58.8 Å². The van der Waals surface area contributed by atoms with Crippen LogP contribution in [0.25, 0.3) is 5.82 Å². The van der Waals surface area contributed by atoms with E-state index in [-0.39, 0.29) is 29.4 Å². The summed E-state index contributed by atoms with van der Waals surface area (Å²) >= 11 is 0. The van der Waals surface area contributed by atoms with E-state index in [2.05, 4.69) is 21.4 Å². The molecule has 1 saturated carbocycles. The highest BCUT2D eigenvalue weighted by Crippen LogP contribution is 2.27. The second kappa shape index (κ2) is 10.3. The smallest absolute Gasteiger partial charge is 0.280 e. The van der Waals surface area contributed by atoms with Crippen molar-refractivity contribution in [2.24, 2.45) is 10.9 Å². The Morgan fingerprint density at radius 2 is 1.97 bits per heavy atom. The number of aliphatic imine (C=N–C) groups is 1. The fraction of sp³-hybridized carbons (Fsp3) is 0.478. The average Bonchev–Trinajstić information content (AvgIpc) is 2.78. The average molecular weight is 474 g/mol. The monoisotopic (exact) mass is 473 g/mol. The van der Waals surface area contributed by atoms with Gasteiger partial charge in [0, 0.05) is 11.4 Å². The number of nitrogen functional groups attached to an aromatic ring is 1. The van der Waals surface area contributed by atoms with Gasteiger partial charge in [-0.05, 0) is 56.7 Å². The minimum absolute atomic E-state index is 0.00152. The first kappa shape index (κ1) is 24.6. The van der Waals surface area contributed by atoms with E-state index in [1.54, 1.807) is 26.0 Å². The van der Waals surface area contributed by atoms with Gasteiger partial charge in [0.05, 0.1) is 17.9 Å². The van der Waals surface area contributed by atoms with E-state index in [0.29, 0.717) is 29.3 Å². The number of carbonyl (C=O) groups excluding carboxylic acids is 1. The van der Waals surface area contributed by atoms with Crippen LogP contribution in [0.3, 0.4) is 0 Å². The van der Waals surface area contributed by atoms with Crippen molar-refractivity contribution in [2.75, 3.05) is 16.2 Å². The zero-order chi connectivity index (χ0) is 24.2. The molecular formula is C23H31N5O4S. The van der Waals surface area contributed by atoms with E-state index in [1.807, 2.05) is 0 Å². The highest BCUT2D eigenvalue weighted by molar-refractivity contribution is 7.92. The van der Waals surface area contributed by atoms with Gasteiger partial charge in [-0.3, -0.25) is 18.9 Å². The lowest BCUT2D eigenvalue weighted by Gasteiger charge is -2.21. The van der Waals surface area contributed by atoms with Crippen LogP contribution in [0, 0.1) is 19.8 Å². The van der Waals surface area contributed by atoms with Gasteiger partial charge in [-0.2, -0.15) is 0 Å². The van der Waals surface area contributed by atoms with E-state index in [9.17, 15) is 18.0 Å². The largest absolute Gasteiger partial charge is 0.396 e. The second-order valence-corrected chi connectivity index (χ2v) is 10.5. The molecule has 0 aromatic carbocycles. The summed E-state index contributed by atoms with van der Waals surface area (Å²) in [4.78, 5) is 32.6. The summed E-state index contributed by atoms with van der Waals surface area (Å²) in [5.41, 5.74) is 7.37. The number of aryl methyl sites for hydroxylation is 2. The molecule has 0 atom stereocenters. The Kier molecular flexibility index (Phi) is 7.68. The topological polar surface area (TPSA) is 137 Å². The van der Waals surface area contributed by atoms with Gasteiger partial charge < -0.3 is 5.73 Å². The zero-order valence-corrected chi connectivity index (χ0v) is 20.0. The van der Waals surface area contributed by atoms with Crippen molar-refractivity contribution in [1.82, 2.24) is 9.55 Å². The lowest BCUT2D eigenvalue weighted by molar-refractivity contribution is -0.117. The molecule has 9 nitrogen and oxygen atoms in total. The SMILES string of the molecule is C=NC(=O)Cc1cc(N)c(-n2c(C)ccc(NS(=O)(=O)CCC3CCCCC3)c2=O)nc1C. The Balaban J connectivity index is 1.88. The molecule has 3 N–H and O–H groups in total. The van der Waals surface area contributed by atoms with Gasteiger partial charge in [0.15, 0.2) is 5.82 Å². The molecule has 0 bridgehead atoms. The Labute approximate surface area is 194 Å². The first-order valence-corrected chi connectivity index (χ1v) is 12.8. The number of carbonyl (C=O) groups is 1. The number of amides is 1. The van der Waals surface area contributed by atoms with Crippen molar-refractivity contribution in [1.29, 1.82) is 0 Å². The maximum atomic E-state index is 13.2. The highest BCUT2D eigenvalue weighted by Gasteiger charge is 2.21. The van der Waals surface area contributed by atoms with Crippen LogP contribution in [0.5, 0.6) is 0 Å². The molecular weight excluding hydrogens is 442 g/mol. The standard InChI is InChI=1S/C23H31N5O4S/c1-15-9-10-20(27-33(31,32)12-11-17-7-5-4-6-8-17)23(30)28(15)22-19(24)13-18(16(2)26-22)14-21(29)25-3/h9-10,13,17,27H,3-8,11-12,14,24H2,1-2H3. The molecule has 178 valence electrons. The molecule has 0 unspecified atom stereocenters. The molecule has 0 spiro atoms. The normalized spacial score (nSPS) is 14.7. The molecule has 33 heavy (non-hydrogen) atoms. The number of hydrogen-bond acceptors (Lipinski definition) is 6. The van der Waals surface area contributed by atoms with Crippen molar-refractivity contribution in [3.63, 3.8) is 0 Å². The van der Waals surface area contributed by atoms with Crippen LogP contribution in [0.15, 0.2) is 28.0 Å². The molecule has 1 fully saturated rings. The van der Waals surface area contributed by atoms with Crippen LogP contribution in [0.4, 0.5) is 11.4 Å². The van der Waals surface area contributed by atoms with Gasteiger partial charge in [0.2, 0.25) is 15.9 Å². The number of nitrogens with two attached hydrogens (primary N) is 1. The molecule has 3 rings (SSSR count). The Morgan fingerprint density at radius 3 is 2.64 bits per heavy atom. The molecule has 1 aliphatic rings. The third-order valence-electron chi connectivity index (χ3n) is 6.12. The van der Waals surface area contributed by atoms with Gasteiger partial charge in [-0.25, -0.2) is 18.4 Å². The first-order valence-electron chi connectivity index (χ1n) is 11.1. The lowest BCUT2D eigenvalue weighted by Crippen LogP contribution is -2.29. The number of hydrogen-bond donors (Lipinski definition) is 2. The van der Waals surface area contributed by atoms with E-state index in [1.165, 1.54) is 17.1 Å². The summed E-state index contributed by atoms with van der Waals surface area (Å²) in [5, 5.41) is 0. The molecule has 0 radical (unpaired) electrons. The summed E-state index contributed by atoms with van der Waals surface area (Å²) in [7, 11) is -3.68. The number of aromatic nitrogens is 2. The third kappa shape index (κ3) is 6.07. The van der Waals surface area contributed by atoms with Crippen LogP contribution in [-0.4, -0.2) is 36.3 Å². The van der Waals surface area contributed by atoms with Gasteiger partial charge >= 0.3 is 0 Å². The Bertz CT molecular complexity index is 1210. The van der Waals surface area contributed by atoms with Crippen molar-refractivity contribution in [3.05, 3.63) is 45.5 Å². The number of nitrogens with one attached hydrogen (secondary N) is 1. The Hall–Kier alpha value is -3.01. The van der Waals surface area contributed by atoms with E-state index < -0.39 is 21.5 Å². The number of rotatable bonds is 8. The quantitative estimate of drug-likeness (QED) is 0.566. The molecule has 0 aliphatic heterocycles. The highest BCUT2D eigenvalue weighted by atomic mass is 32.2. The maximum absolute atomic E-state index is 13.2. The number of pyridine rings is 2. The zero-order valence-electron chi connectivity index (χ0n) is 19.1. The number of anilines is 2. The maximum Gasteiger partial charge on any atom is 0.280 e. The van der Waals surface area contributed by atoms with Crippen molar-refractivity contribution < 1.29 is 13.2 Å². The summed E-state index contributed by atoms with van der Waals surface area (Å²) in [6.07, 6.45) is 6.20. The molecule has 2 aromatic rings. The van der Waals surface area contributed by atoms with Crippen LogP contribution in [0.1, 0.15) is 55.5 Å². The molecule has 0 saturated heterocycles. The summed E-state index contributed by atoms with van der Waals surface area (Å²) in [6, 6.07) is 4.67. The van der Waals surface area contributed by atoms with Gasteiger partial charge in [0.25, 0.3) is 5.56 Å². The number of sulfonamides is 1. The van der Waals surface area contributed by atoms with Crippen LogP contribution >= 0.6 is 0 Å². The van der Waals surface area contributed by atoms with E-state index >= 15 is 0 Å². The Morgan fingerprint density at radius 1 is 1.27 bits per heavy atom. The van der Waals surface area contributed by atoms with Crippen LogP contribution in [0.2, 0.25) is 0 Å². The van der Waals surface area contributed by atoms with Crippen LogP contribution < -0.4 is 16.0 Å². The van der Waals surface area contributed by atoms with Gasteiger partial charge in [-0.15, -0.1) is 0 Å². The molecule has 10 heteroatoms. The number of nitrogens with zero attached hydrogens (tertiary/aromatic N) is 3. The summed E-state index contributed by atoms with van der Waals surface area (Å²) < 4.78 is 29.1. The predicted molar refractivity (Wildman–Crippen MR) is 131 cm³/mol. The predicted octanol–water partition coefficient (Wildman–Crippen LogP) is 2.91. The van der Waals surface area contributed by atoms with Crippen molar-refractivity contribution in [3.8, 4) is 5.82 Å². The molecule has 2 heterocycles. The van der Waals surface area contributed by atoms with E-state index in [0.717, 1.165) is 25.7 Å². The van der Waals surface area contributed by atoms with Crippen LogP contribution in [-0.2, 0) is 21.2 Å². The first-order chi connectivity index (χ1) is 15.6. The molecule has 1 amide bonds. The molecule has 2 aromatic heterocycles. The van der Waals surface area contributed by atoms with E-state index in [4.69, 9.17) is 5.73 Å². The van der Waals surface area contributed by atoms with Gasteiger partial charge in [-0.1, -0.05) is 32.1 Å². The summed E-state index contributed by atoms with van der Waals surface area (Å²) in [6.45, 7) is 6.63. The minimum atomic E-state index is -3.68. The lowest BCUT2D eigenvalue weighted by atomic mass is 9.88. The van der Waals surface area contributed by atoms with Gasteiger partial charge in [0.1, 0.15) is 5.69 Å². The molecule has 1 aliphatic carbocycles. The van der Waals surface area contributed by atoms with Crippen molar-refractivity contribution >= 4 is 34.0 Å². The summed E-state index contributed by atoms with van der Waals surface area (Å²) in [5.74, 6) is 0.162.